The summed E-state index contributed by atoms with van der Waals surface area (Å²) in [5, 5.41) is 14.5. The van der Waals surface area contributed by atoms with Crippen LogP contribution in [0.5, 0.6) is 5.75 Å². The molecule has 4 rings (SSSR count). The largest absolute Gasteiger partial charge is 0.503 e. The number of aromatic hydroxyl groups is 1. The molecule has 2 aromatic carbocycles. The second-order valence-corrected chi connectivity index (χ2v) is 5.98. The predicted molar refractivity (Wildman–Crippen MR) is 93.4 cm³/mol. The van der Waals surface area contributed by atoms with Gasteiger partial charge in [0.15, 0.2) is 5.75 Å². The number of aromatic amines is 1. The number of aromatic nitrogens is 3. The smallest absolute Gasteiger partial charge is 0.235 e. The van der Waals surface area contributed by atoms with Crippen molar-refractivity contribution in [2.24, 2.45) is 0 Å². The molecule has 0 aliphatic heterocycles. The first kappa shape index (κ1) is 16.9. The Labute approximate surface area is 150 Å². The van der Waals surface area contributed by atoms with Gasteiger partial charge in [0.25, 0.3) is 0 Å². The van der Waals surface area contributed by atoms with E-state index in [1.54, 1.807) is 6.07 Å². The van der Waals surface area contributed by atoms with E-state index in [2.05, 4.69) is 10.1 Å². The van der Waals surface area contributed by atoms with Crippen LogP contribution in [0.2, 0.25) is 0 Å². The quantitative estimate of drug-likeness (QED) is 0.563. The van der Waals surface area contributed by atoms with Crippen LogP contribution < -0.4 is 5.43 Å². The molecule has 0 amide bonds. The van der Waals surface area contributed by atoms with Gasteiger partial charge in [-0.3, -0.25) is 4.79 Å². The maximum absolute atomic E-state index is 14.2. The van der Waals surface area contributed by atoms with Crippen LogP contribution in [0, 0.1) is 24.4 Å². The number of aryl methyl sites for hydroxylation is 1. The van der Waals surface area contributed by atoms with Crippen molar-refractivity contribution in [3.8, 4) is 22.7 Å². The number of pyridine rings is 1. The Bertz CT molecular complexity index is 1240. The van der Waals surface area contributed by atoms with Gasteiger partial charge in [0.2, 0.25) is 5.43 Å². The third kappa shape index (κ3) is 2.57. The van der Waals surface area contributed by atoms with Crippen LogP contribution in [0.15, 0.2) is 47.3 Å². The molecule has 136 valence electrons. The molecule has 2 N–H and O–H groups in total. The topological polar surface area (TPSA) is 70.9 Å². The zero-order valence-electron chi connectivity index (χ0n) is 13.9. The van der Waals surface area contributed by atoms with Gasteiger partial charge < -0.3 is 10.1 Å². The molecule has 0 saturated carbocycles. The lowest BCUT2D eigenvalue weighted by Crippen LogP contribution is -2.08. The predicted octanol–water partition coefficient (Wildman–Crippen LogP) is 3.81. The average Bonchev–Trinajstić information content (AvgIpc) is 2.95. The molecule has 0 bridgehead atoms. The molecular weight excluding hydrogens is 359 g/mol. The van der Waals surface area contributed by atoms with Crippen molar-refractivity contribution in [3.63, 3.8) is 0 Å². The summed E-state index contributed by atoms with van der Waals surface area (Å²) in [5.41, 5.74) is -1.17. The maximum Gasteiger partial charge on any atom is 0.235 e. The van der Waals surface area contributed by atoms with Crippen LogP contribution in [0.1, 0.15) is 5.69 Å². The van der Waals surface area contributed by atoms with E-state index in [1.807, 2.05) is 0 Å². The second-order valence-electron chi connectivity index (χ2n) is 5.98. The highest BCUT2D eigenvalue weighted by Crippen LogP contribution is 2.32. The first-order valence-corrected chi connectivity index (χ1v) is 7.93. The van der Waals surface area contributed by atoms with Crippen LogP contribution >= 0.6 is 0 Å². The van der Waals surface area contributed by atoms with E-state index in [4.69, 9.17) is 0 Å². The highest BCUT2D eigenvalue weighted by molar-refractivity contribution is 5.85. The fourth-order valence-corrected chi connectivity index (χ4v) is 3.04. The Kier molecular flexibility index (Phi) is 3.76. The summed E-state index contributed by atoms with van der Waals surface area (Å²) in [6, 6.07) is 8.65. The molecule has 8 heteroatoms. The Morgan fingerprint density at radius 2 is 1.74 bits per heavy atom. The number of H-pyrrole nitrogens is 1. The van der Waals surface area contributed by atoms with Gasteiger partial charge in [-0.15, -0.1) is 0 Å². The van der Waals surface area contributed by atoms with Crippen molar-refractivity contribution in [2.75, 3.05) is 0 Å². The van der Waals surface area contributed by atoms with Crippen LogP contribution in [0.25, 0.3) is 28.0 Å². The number of hydrogen-bond acceptors (Lipinski definition) is 3. The van der Waals surface area contributed by atoms with E-state index >= 15 is 0 Å². The Hall–Kier alpha value is -3.55. The molecule has 0 fully saturated rings. The number of benzene rings is 2. The van der Waals surface area contributed by atoms with Gasteiger partial charge in [0, 0.05) is 0 Å². The molecule has 0 radical (unpaired) electrons. The molecule has 0 aliphatic carbocycles. The van der Waals surface area contributed by atoms with Gasteiger partial charge >= 0.3 is 0 Å². The van der Waals surface area contributed by atoms with Gasteiger partial charge in [-0.1, -0.05) is 12.1 Å². The average molecular weight is 371 g/mol. The highest BCUT2D eigenvalue weighted by Gasteiger charge is 2.23. The molecule has 2 aromatic heterocycles. The lowest BCUT2D eigenvalue weighted by molar-refractivity contribution is 0.469. The van der Waals surface area contributed by atoms with Crippen LogP contribution in [-0.2, 0) is 0 Å². The maximum atomic E-state index is 14.2. The normalized spacial score (nSPS) is 11.3. The zero-order valence-corrected chi connectivity index (χ0v) is 13.9. The van der Waals surface area contributed by atoms with Crippen molar-refractivity contribution in [2.45, 2.75) is 6.92 Å². The summed E-state index contributed by atoms with van der Waals surface area (Å²) in [7, 11) is 0. The molecule has 5 nitrogen and oxygen atoms in total. The molecule has 0 spiro atoms. The summed E-state index contributed by atoms with van der Waals surface area (Å²) in [6.07, 6.45) is 0. The minimum absolute atomic E-state index is 0.0391. The van der Waals surface area contributed by atoms with Crippen LogP contribution in [-0.4, -0.2) is 19.9 Å². The van der Waals surface area contributed by atoms with Crippen molar-refractivity contribution in [1.29, 1.82) is 0 Å². The fourth-order valence-electron chi connectivity index (χ4n) is 3.04. The molecule has 0 unspecified atom stereocenters. The number of nitrogens with zero attached hydrogens (tertiary/aromatic N) is 2. The number of rotatable bonds is 2. The van der Waals surface area contributed by atoms with Crippen molar-refractivity contribution < 1.29 is 18.3 Å². The zero-order chi connectivity index (χ0) is 19.3. The Balaban J connectivity index is 2.11. The molecule has 4 aromatic rings. The SMILES string of the molecule is Cc1nn(-c2cccc(F)c2)c2[nH]c(-c3c(F)cccc3F)c(O)c(=O)c12. The monoisotopic (exact) mass is 371 g/mol. The minimum atomic E-state index is -0.950. The number of nitrogens with one attached hydrogen (secondary N) is 1. The third-order valence-electron chi connectivity index (χ3n) is 4.25. The van der Waals surface area contributed by atoms with Gasteiger partial charge in [0.05, 0.1) is 28.0 Å². The van der Waals surface area contributed by atoms with Gasteiger partial charge in [-0.25, -0.2) is 17.9 Å². The fraction of sp³-hybridized carbons (Fsp3) is 0.0526. The van der Waals surface area contributed by atoms with E-state index in [1.165, 1.54) is 35.9 Å². The number of hydrogen-bond donors (Lipinski definition) is 2. The number of halogens is 3. The molecule has 0 atom stereocenters. The first-order valence-electron chi connectivity index (χ1n) is 7.93. The highest BCUT2D eigenvalue weighted by atomic mass is 19.1. The summed E-state index contributed by atoms with van der Waals surface area (Å²) < 4.78 is 43.2. The van der Waals surface area contributed by atoms with E-state index in [-0.39, 0.29) is 16.7 Å². The van der Waals surface area contributed by atoms with E-state index in [9.17, 15) is 23.1 Å². The molecule has 0 aliphatic rings. The van der Waals surface area contributed by atoms with Gasteiger partial charge in [-0.2, -0.15) is 5.10 Å². The van der Waals surface area contributed by atoms with Crippen LogP contribution in [0.3, 0.4) is 0 Å². The Morgan fingerprint density at radius 3 is 2.41 bits per heavy atom. The molecule has 0 saturated heterocycles. The standard InChI is InChI=1S/C19H12F3N3O2/c1-9-14-17(26)18(27)16(15-12(21)6-3-7-13(15)22)23-19(14)25(24-9)11-5-2-4-10(20)8-11/h2-8,27H,1H3,(H,23,26). The van der Waals surface area contributed by atoms with Gasteiger partial charge in [0.1, 0.15) is 23.1 Å². The second kappa shape index (κ2) is 6.01. The number of fused-ring (bicyclic) bond motifs is 1. The summed E-state index contributed by atoms with van der Waals surface area (Å²) in [4.78, 5) is 15.3. The molecule has 27 heavy (non-hydrogen) atoms. The molecule has 2 heterocycles. The Morgan fingerprint density at radius 1 is 1.07 bits per heavy atom. The van der Waals surface area contributed by atoms with Gasteiger partial charge in [-0.05, 0) is 37.3 Å². The van der Waals surface area contributed by atoms with E-state index < -0.39 is 39.9 Å². The van der Waals surface area contributed by atoms with Crippen molar-refractivity contribution >= 4 is 11.0 Å². The lowest BCUT2D eigenvalue weighted by Gasteiger charge is -2.09. The lowest BCUT2D eigenvalue weighted by atomic mass is 10.1. The first-order chi connectivity index (χ1) is 12.9. The van der Waals surface area contributed by atoms with Crippen molar-refractivity contribution in [1.82, 2.24) is 14.8 Å². The van der Waals surface area contributed by atoms with E-state index in [0.29, 0.717) is 5.69 Å². The minimum Gasteiger partial charge on any atom is -0.503 e. The summed E-state index contributed by atoms with van der Waals surface area (Å²) in [5.74, 6) is -3.24. The van der Waals surface area contributed by atoms with E-state index in [0.717, 1.165) is 12.1 Å². The van der Waals surface area contributed by atoms with Crippen molar-refractivity contribution in [3.05, 3.63) is 75.8 Å². The molecular formula is C19H12F3N3O2. The summed E-state index contributed by atoms with van der Waals surface area (Å²) in [6.45, 7) is 1.54. The summed E-state index contributed by atoms with van der Waals surface area (Å²) >= 11 is 0. The van der Waals surface area contributed by atoms with Crippen LogP contribution in [0.4, 0.5) is 13.2 Å². The third-order valence-corrected chi connectivity index (χ3v) is 4.25.